The fourth-order valence-corrected chi connectivity index (χ4v) is 2.28. The molecule has 0 amide bonds. The van der Waals surface area contributed by atoms with E-state index >= 15 is 0 Å². The van der Waals surface area contributed by atoms with E-state index in [1.165, 1.54) is 18.2 Å². The number of aryl methyl sites for hydroxylation is 1. The molecule has 98 valence electrons. The van der Waals surface area contributed by atoms with Crippen LogP contribution in [0.5, 0.6) is 0 Å². The second-order valence-corrected chi connectivity index (χ2v) is 5.56. The molecule has 0 aliphatic rings. The van der Waals surface area contributed by atoms with E-state index in [4.69, 9.17) is 11.6 Å². The maximum absolute atomic E-state index is 13.1. The first-order valence-corrected chi connectivity index (χ1v) is 6.88. The number of ketones is 1. The quantitative estimate of drug-likeness (QED) is 0.720. The Morgan fingerprint density at radius 3 is 2.68 bits per heavy atom. The number of hydrogen-bond donors (Lipinski definition) is 0. The Morgan fingerprint density at radius 2 is 2.00 bits per heavy atom. The third kappa shape index (κ3) is 3.43. The van der Waals surface area contributed by atoms with Gasteiger partial charge in [-0.15, -0.1) is 0 Å². The monoisotopic (exact) mass is 340 g/mol. The predicted molar refractivity (Wildman–Crippen MR) is 78.3 cm³/mol. The highest BCUT2D eigenvalue weighted by molar-refractivity contribution is 9.10. The molecule has 2 rings (SSSR count). The standard InChI is InChI=1S/C15H11BrClFO/c1-9-2-3-10(7-13(9)16)15(19)8-11-6-12(18)4-5-14(11)17/h2-7H,8H2,1H3. The molecule has 1 nitrogen and oxygen atoms in total. The molecular weight excluding hydrogens is 331 g/mol. The summed E-state index contributed by atoms with van der Waals surface area (Å²) in [6.07, 6.45) is 0.0894. The minimum absolute atomic E-state index is 0.0894. The van der Waals surface area contributed by atoms with Crippen molar-refractivity contribution in [3.8, 4) is 0 Å². The van der Waals surface area contributed by atoms with Crippen molar-refractivity contribution >= 4 is 33.3 Å². The van der Waals surface area contributed by atoms with Crippen molar-refractivity contribution < 1.29 is 9.18 Å². The van der Waals surface area contributed by atoms with Crippen molar-refractivity contribution in [2.24, 2.45) is 0 Å². The van der Waals surface area contributed by atoms with Crippen molar-refractivity contribution in [2.45, 2.75) is 13.3 Å². The molecule has 4 heteroatoms. The van der Waals surface area contributed by atoms with Crippen LogP contribution in [-0.4, -0.2) is 5.78 Å². The van der Waals surface area contributed by atoms with Gasteiger partial charge in [0.25, 0.3) is 0 Å². The molecule has 2 aromatic rings. The molecule has 0 atom stereocenters. The lowest BCUT2D eigenvalue weighted by atomic mass is 10.0. The summed E-state index contributed by atoms with van der Waals surface area (Å²) in [5.41, 5.74) is 2.14. The fourth-order valence-electron chi connectivity index (χ4n) is 1.72. The highest BCUT2D eigenvalue weighted by Crippen LogP contribution is 2.22. The molecule has 0 spiro atoms. The summed E-state index contributed by atoms with van der Waals surface area (Å²) < 4.78 is 14.0. The molecule has 0 N–H and O–H groups in total. The minimum atomic E-state index is -0.391. The normalized spacial score (nSPS) is 10.5. The van der Waals surface area contributed by atoms with E-state index in [9.17, 15) is 9.18 Å². The molecule has 0 heterocycles. The molecule has 0 radical (unpaired) electrons. The molecule has 0 saturated heterocycles. The van der Waals surface area contributed by atoms with Gasteiger partial charge in [-0.25, -0.2) is 4.39 Å². The first-order valence-electron chi connectivity index (χ1n) is 5.70. The fraction of sp³-hybridized carbons (Fsp3) is 0.133. The molecule has 0 fully saturated rings. The molecular formula is C15H11BrClFO. The third-order valence-electron chi connectivity index (χ3n) is 2.85. The van der Waals surface area contributed by atoms with Gasteiger partial charge in [0.2, 0.25) is 0 Å². The van der Waals surface area contributed by atoms with Gasteiger partial charge in [0.15, 0.2) is 5.78 Å². The van der Waals surface area contributed by atoms with Gasteiger partial charge < -0.3 is 0 Å². The van der Waals surface area contributed by atoms with Crippen LogP contribution in [0, 0.1) is 12.7 Å². The van der Waals surface area contributed by atoms with Gasteiger partial charge in [0, 0.05) is 21.5 Å². The van der Waals surface area contributed by atoms with Gasteiger partial charge in [-0.3, -0.25) is 4.79 Å². The molecule has 0 bridgehead atoms. The van der Waals surface area contributed by atoms with E-state index < -0.39 is 5.82 Å². The summed E-state index contributed by atoms with van der Waals surface area (Å²) in [5.74, 6) is -0.481. The van der Waals surface area contributed by atoms with E-state index in [-0.39, 0.29) is 12.2 Å². The van der Waals surface area contributed by atoms with E-state index in [1.807, 2.05) is 13.0 Å². The summed E-state index contributed by atoms with van der Waals surface area (Å²) in [4.78, 5) is 12.1. The summed E-state index contributed by atoms with van der Waals surface area (Å²) in [6.45, 7) is 1.95. The summed E-state index contributed by atoms with van der Waals surface area (Å²) >= 11 is 9.34. The second-order valence-electron chi connectivity index (χ2n) is 4.30. The second kappa shape index (κ2) is 5.85. The van der Waals surface area contributed by atoms with Crippen molar-refractivity contribution in [3.63, 3.8) is 0 Å². The number of benzene rings is 2. The van der Waals surface area contributed by atoms with Crippen LogP contribution in [0.1, 0.15) is 21.5 Å². The number of rotatable bonds is 3. The van der Waals surface area contributed by atoms with Crippen LogP contribution in [0.25, 0.3) is 0 Å². The van der Waals surface area contributed by atoms with Crippen LogP contribution >= 0.6 is 27.5 Å². The Morgan fingerprint density at radius 1 is 1.26 bits per heavy atom. The Hall–Kier alpha value is -1.19. The van der Waals surface area contributed by atoms with Crippen molar-refractivity contribution in [2.75, 3.05) is 0 Å². The maximum atomic E-state index is 13.1. The summed E-state index contributed by atoms with van der Waals surface area (Å²) in [6, 6.07) is 9.43. The molecule has 0 unspecified atom stereocenters. The lowest BCUT2D eigenvalue weighted by Gasteiger charge is -2.06. The van der Waals surface area contributed by atoms with Gasteiger partial charge in [-0.1, -0.05) is 39.7 Å². The minimum Gasteiger partial charge on any atom is -0.294 e. The average Bonchev–Trinajstić information content (AvgIpc) is 2.37. The van der Waals surface area contributed by atoms with Crippen LogP contribution < -0.4 is 0 Å². The van der Waals surface area contributed by atoms with Crippen LogP contribution in [0.4, 0.5) is 4.39 Å². The van der Waals surface area contributed by atoms with E-state index in [1.54, 1.807) is 12.1 Å². The Bertz CT molecular complexity index is 640. The Balaban J connectivity index is 2.25. The van der Waals surface area contributed by atoms with Gasteiger partial charge in [-0.2, -0.15) is 0 Å². The first-order chi connectivity index (χ1) is 8.97. The van der Waals surface area contributed by atoms with E-state index in [2.05, 4.69) is 15.9 Å². The Kier molecular flexibility index (Phi) is 4.38. The maximum Gasteiger partial charge on any atom is 0.167 e. The molecule has 19 heavy (non-hydrogen) atoms. The number of Topliss-reactive ketones (excluding diaryl/α,β-unsaturated/α-hetero) is 1. The molecule has 0 aromatic heterocycles. The topological polar surface area (TPSA) is 17.1 Å². The third-order valence-corrected chi connectivity index (χ3v) is 4.08. The van der Waals surface area contributed by atoms with Crippen molar-refractivity contribution in [3.05, 3.63) is 68.4 Å². The SMILES string of the molecule is Cc1ccc(C(=O)Cc2cc(F)ccc2Cl)cc1Br. The molecule has 0 aliphatic carbocycles. The van der Waals surface area contributed by atoms with Gasteiger partial charge >= 0.3 is 0 Å². The first kappa shape index (κ1) is 14.2. The summed E-state index contributed by atoms with van der Waals surface area (Å²) in [7, 11) is 0. The zero-order valence-corrected chi connectivity index (χ0v) is 12.6. The summed E-state index contributed by atoms with van der Waals surface area (Å²) in [5, 5.41) is 0.404. The van der Waals surface area contributed by atoms with E-state index in [0.717, 1.165) is 10.0 Å². The van der Waals surface area contributed by atoms with Gasteiger partial charge in [0.05, 0.1) is 0 Å². The zero-order chi connectivity index (χ0) is 14.0. The van der Waals surface area contributed by atoms with E-state index in [0.29, 0.717) is 16.1 Å². The average molecular weight is 342 g/mol. The highest BCUT2D eigenvalue weighted by atomic mass is 79.9. The largest absolute Gasteiger partial charge is 0.294 e. The van der Waals surface area contributed by atoms with Crippen LogP contribution in [0.15, 0.2) is 40.9 Å². The zero-order valence-electron chi connectivity index (χ0n) is 10.2. The van der Waals surface area contributed by atoms with Gasteiger partial charge in [0.1, 0.15) is 5.82 Å². The lowest BCUT2D eigenvalue weighted by Crippen LogP contribution is -2.04. The number of halogens is 3. The van der Waals surface area contributed by atoms with Crippen molar-refractivity contribution in [1.82, 2.24) is 0 Å². The lowest BCUT2D eigenvalue weighted by molar-refractivity contribution is 0.0993. The predicted octanol–water partition coefficient (Wildman–Crippen LogP) is 4.98. The Labute approximate surface area is 124 Å². The number of carbonyl (C=O) groups excluding carboxylic acids is 1. The molecule has 0 aliphatic heterocycles. The number of carbonyl (C=O) groups is 1. The van der Waals surface area contributed by atoms with Crippen LogP contribution in [0.2, 0.25) is 5.02 Å². The highest BCUT2D eigenvalue weighted by Gasteiger charge is 2.11. The number of hydrogen-bond acceptors (Lipinski definition) is 1. The molecule has 2 aromatic carbocycles. The van der Waals surface area contributed by atoms with Crippen molar-refractivity contribution in [1.29, 1.82) is 0 Å². The van der Waals surface area contributed by atoms with Crippen LogP contribution in [0.3, 0.4) is 0 Å². The van der Waals surface area contributed by atoms with Gasteiger partial charge in [-0.05, 0) is 42.3 Å². The smallest absolute Gasteiger partial charge is 0.167 e. The van der Waals surface area contributed by atoms with Crippen LogP contribution in [-0.2, 0) is 6.42 Å². The molecule has 0 saturated carbocycles.